The fourth-order valence-corrected chi connectivity index (χ4v) is 1.52. The number of rotatable bonds is 4. The van der Waals surface area contributed by atoms with Gasteiger partial charge in [0.15, 0.2) is 0 Å². The quantitative estimate of drug-likeness (QED) is 0.353. The molecule has 1 aromatic rings. The summed E-state index contributed by atoms with van der Waals surface area (Å²) in [4.78, 5) is 62.6. The predicted molar refractivity (Wildman–Crippen MR) is 76.6 cm³/mol. The minimum atomic E-state index is -1.83. The van der Waals surface area contributed by atoms with Crippen molar-refractivity contribution in [1.29, 1.82) is 0 Å². The molecule has 0 saturated carbocycles. The zero-order valence-corrected chi connectivity index (χ0v) is 12.0. The number of aromatic carboxylic acids is 4. The van der Waals surface area contributed by atoms with Gasteiger partial charge in [-0.2, -0.15) is 0 Å². The number of urea groups is 2. The van der Waals surface area contributed by atoms with Crippen LogP contribution in [0.3, 0.4) is 0 Å². The van der Waals surface area contributed by atoms with Gasteiger partial charge in [-0.25, -0.2) is 28.8 Å². The third kappa shape index (κ3) is 5.85. The van der Waals surface area contributed by atoms with E-state index >= 15 is 0 Å². The van der Waals surface area contributed by atoms with E-state index in [2.05, 4.69) is 11.5 Å². The molecule has 1 rings (SSSR count). The Morgan fingerprint density at radius 3 is 1.04 bits per heavy atom. The summed E-state index contributed by atoms with van der Waals surface area (Å²) < 4.78 is 0. The average Bonchev–Trinajstić information content (AvgIpc) is 2.44. The highest BCUT2D eigenvalue weighted by atomic mass is 16.4. The molecule has 0 aliphatic rings. The number of carbonyl (C=O) groups is 6. The van der Waals surface area contributed by atoms with Gasteiger partial charge in [0.1, 0.15) is 0 Å². The molecule has 0 unspecified atom stereocenters. The number of hydrogen-bond acceptors (Lipinski definition) is 6. The highest BCUT2D eigenvalue weighted by Crippen LogP contribution is 2.20. The number of nitrogens with two attached hydrogens (primary N) is 2. The van der Waals surface area contributed by atoms with E-state index in [4.69, 9.17) is 20.4 Å². The third-order valence-corrected chi connectivity index (χ3v) is 2.34. The first kappa shape index (κ1) is 20.8. The molecule has 25 heavy (non-hydrogen) atoms. The summed E-state index contributed by atoms with van der Waals surface area (Å²) in [6, 6.07) is -0.399. The summed E-state index contributed by atoms with van der Waals surface area (Å²) in [5.74, 6) is -6.97. The summed E-state index contributed by atoms with van der Waals surface area (Å²) in [5, 5.41) is 36.7. The molecule has 0 heterocycles. The van der Waals surface area contributed by atoms with Crippen LogP contribution in [-0.2, 0) is 0 Å². The number of carboxylic acids is 4. The second kappa shape index (κ2) is 8.47. The van der Waals surface area contributed by atoms with Gasteiger partial charge >= 0.3 is 35.9 Å². The van der Waals surface area contributed by atoms with E-state index in [1.165, 1.54) is 0 Å². The third-order valence-electron chi connectivity index (χ3n) is 2.34. The van der Waals surface area contributed by atoms with Gasteiger partial charge in [-0.1, -0.05) is 0 Å². The maximum absolute atomic E-state index is 10.9. The summed E-state index contributed by atoms with van der Waals surface area (Å²) in [6.07, 6.45) is 0. The second-order valence-corrected chi connectivity index (χ2v) is 3.98. The van der Waals surface area contributed by atoms with Crippen molar-refractivity contribution in [2.45, 2.75) is 0 Å². The van der Waals surface area contributed by atoms with Crippen molar-refractivity contribution < 1.29 is 49.2 Å². The monoisotopic (exact) mass is 357 g/mol. The summed E-state index contributed by atoms with van der Waals surface area (Å²) in [5.41, 5.74) is 5.19. The minimum absolute atomic E-state index is 0.738. The van der Waals surface area contributed by atoms with Gasteiger partial charge in [0.25, 0.3) is 0 Å². The van der Waals surface area contributed by atoms with Gasteiger partial charge < -0.3 is 31.9 Å². The van der Waals surface area contributed by atoms with Crippen molar-refractivity contribution in [2.75, 3.05) is 0 Å². The van der Waals surface area contributed by atoms with Crippen LogP contribution in [0, 0.1) is 0 Å². The van der Waals surface area contributed by atoms with E-state index in [9.17, 15) is 28.8 Å². The molecule has 13 nitrogen and oxygen atoms in total. The van der Waals surface area contributed by atoms with Crippen LogP contribution in [0.2, 0.25) is 0 Å². The summed E-state index contributed by atoms with van der Waals surface area (Å²) >= 11 is 0. The first-order chi connectivity index (χ1) is 11.4. The van der Waals surface area contributed by atoms with Gasteiger partial charge in [-0.15, -0.1) is 0 Å². The maximum Gasteiger partial charge on any atom is 0.337 e. The van der Waals surface area contributed by atoms with E-state index < -0.39 is 58.2 Å². The number of carboxylic acid groups (broad SMARTS) is 4. The number of hydrogen-bond donors (Lipinski definition) is 7. The van der Waals surface area contributed by atoms with E-state index in [0.29, 0.717) is 0 Å². The molecular formula is C12H11N3O10. The molecule has 0 spiro atoms. The van der Waals surface area contributed by atoms with E-state index in [0.717, 1.165) is 12.1 Å². The summed E-state index contributed by atoms with van der Waals surface area (Å²) in [7, 11) is 0. The number of carbonyl (C=O) groups excluding carboxylic acids is 2. The van der Waals surface area contributed by atoms with Crippen molar-refractivity contribution in [3.05, 3.63) is 34.4 Å². The number of benzene rings is 1. The van der Waals surface area contributed by atoms with Crippen LogP contribution >= 0.6 is 0 Å². The Bertz CT molecular complexity index is 708. The Hall–Kier alpha value is -4.16. The van der Waals surface area contributed by atoms with Crippen LogP contribution in [0.15, 0.2) is 12.1 Å². The van der Waals surface area contributed by atoms with Gasteiger partial charge in [0, 0.05) is 0 Å². The number of nitrogens with one attached hydrogen (secondary N) is 1. The largest absolute Gasteiger partial charge is 0.478 e. The normalized spacial score (nSPS) is 9.12. The standard InChI is InChI=1S/C10H6O8.C2H5N3O2/c11-7(12)3-1-2-4(8(13)14)6(10(17)18)5(3)9(15)16;3-1(6)5-2(4)7/h1-2H,(H,11,12)(H,13,14)(H,15,16)(H,17,18);(H5,3,4,5,6,7). The molecule has 0 atom stereocenters. The van der Waals surface area contributed by atoms with Gasteiger partial charge in [-0.3, -0.25) is 5.32 Å². The maximum atomic E-state index is 10.9. The van der Waals surface area contributed by atoms with E-state index in [1.807, 2.05) is 0 Å². The molecule has 0 saturated heterocycles. The lowest BCUT2D eigenvalue weighted by molar-refractivity contribution is 0.0619. The molecular weight excluding hydrogens is 346 g/mol. The Morgan fingerprint density at radius 1 is 0.640 bits per heavy atom. The lowest BCUT2D eigenvalue weighted by atomic mass is 9.95. The number of amides is 4. The SMILES string of the molecule is NC(=O)NC(N)=O.O=C(O)c1ccc(C(=O)O)c(C(=O)O)c1C(=O)O. The average molecular weight is 357 g/mol. The molecule has 0 radical (unpaired) electrons. The molecule has 0 fully saturated rings. The van der Waals surface area contributed by atoms with Crippen LogP contribution in [0.1, 0.15) is 41.4 Å². The van der Waals surface area contributed by atoms with E-state index in [-0.39, 0.29) is 0 Å². The van der Waals surface area contributed by atoms with Crippen molar-refractivity contribution >= 4 is 35.9 Å². The molecule has 0 aromatic heterocycles. The number of primary amides is 2. The molecule has 134 valence electrons. The van der Waals surface area contributed by atoms with Gasteiger partial charge in [0.2, 0.25) is 0 Å². The Kier molecular flexibility index (Phi) is 7.06. The van der Waals surface area contributed by atoms with Crippen molar-refractivity contribution in [2.24, 2.45) is 11.5 Å². The molecule has 0 bridgehead atoms. The van der Waals surface area contributed by atoms with Crippen LogP contribution in [0.5, 0.6) is 0 Å². The van der Waals surface area contributed by atoms with Crippen LogP contribution in [-0.4, -0.2) is 56.4 Å². The zero-order valence-electron chi connectivity index (χ0n) is 12.0. The molecule has 0 aliphatic heterocycles. The number of imide groups is 1. The Balaban J connectivity index is 0.000000697. The smallest absolute Gasteiger partial charge is 0.337 e. The highest BCUT2D eigenvalue weighted by Gasteiger charge is 2.29. The fourth-order valence-electron chi connectivity index (χ4n) is 1.52. The minimum Gasteiger partial charge on any atom is -0.478 e. The molecule has 13 heteroatoms. The zero-order chi connectivity index (χ0) is 19.9. The first-order valence-electron chi connectivity index (χ1n) is 5.86. The topological polar surface area (TPSA) is 247 Å². The van der Waals surface area contributed by atoms with Gasteiger partial charge in [0.05, 0.1) is 22.3 Å². The fraction of sp³-hybridized carbons (Fsp3) is 0. The lowest BCUT2D eigenvalue weighted by Crippen LogP contribution is -2.38. The Morgan fingerprint density at radius 2 is 0.920 bits per heavy atom. The van der Waals surface area contributed by atoms with Crippen LogP contribution in [0.4, 0.5) is 9.59 Å². The van der Waals surface area contributed by atoms with Crippen molar-refractivity contribution in [3.8, 4) is 0 Å². The van der Waals surface area contributed by atoms with E-state index in [1.54, 1.807) is 5.32 Å². The van der Waals surface area contributed by atoms with Gasteiger partial charge in [-0.05, 0) is 12.1 Å². The first-order valence-corrected chi connectivity index (χ1v) is 5.86. The Labute approximate surface area is 137 Å². The van der Waals surface area contributed by atoms with Crippen LogP contribution < -0.4 is 16.8 Å². The van der Waals surface area contributed by atoms with Crippen LogP contribution in [0.25, 0.3) is 0 Å². The molecule has 4 amide bonds. The molecule has 9 N–H and O–H groups in total. The second-order valence-electron chi connectivity index (χ2n) is 3.98. The lowest BCUT2D eigenvalue weighted by Gasteiger charge is -2.08. The highest BCUT2D eigenvalue weighted by molar-refractivity contribution is 6.13. The van der Waals surface area contributed by atoms with Crippen molar-refractivity contribution in [1.82, 2.24) is 5.32 Å². The predicted octanol–water partition coefficient (Wildman–Crippen LogP) is -0.787. The molecule has 1 aromatic carbocycles. The summed E-state index contributed by atoms with van der Waals surface area (Å²) in [6.45, 7) is 0. The molecule has 0 aliphatic carbocycles. The van der Waals surface area contributed by atoms with Crippen molar-refractivity contribution in [3.63, 3.8) is 0 Å².